The Morgan fingerprint density at radius 2 is 1.85 bits per heavy atom. The molecule has 0 saturated heterocycles. The number of non-ortho nitro benzene ring substituents is 1. The summed E-state index contributed by atoms with van der Waals surface area (Å²) in [5.74, 6) is 0.365. The fraction of sp³-hybridized carbons (Fsp3) is 0.235. The SMILES string of the molecule is Cc1ccc(S(=O)(=O)N/N=C/c2cc([N+](=O)[O-])ccc2OC(C)C)cc1. The molecule has 0 aliphatic rings. The number of nitrogens with zero attached hydrogens (tertiary/aromatic N) is 2. The van der Waals surface area contributed by atoms with Crippen molar-refractivity contribution in [3.05, 3.63) is 63.7 Å². The summed E-state index contributed by atoms with van der Waals surface area (Å²) < 4.78 is 30.0. The van der Waals surface area contributed by atoms with E-state index in [4.69, 9.17) is 4.74 Å². The molecule has 0 heterocycles. The van der Waals surface area contributed by atoms with Crippen LogP contribution in [0.1, 0.15) is 25.0 Å². The summed E-state index contributed by atoms with van der Waals surface area (Å²) in [7, 11) is -3.83. The molecule has 8 nitrogen and oxygen atoms in total. The van der Waals surface area contributed by atoms with Gasteiger partial charge >= 0.3 is 0 Å². The third kappa shape index (κ3) is 5.03. The van der Waals surface area contributed by atoms with Gasteiger partial charge in [0.1, 0.15) is 5.75 Å². The Morgan fingerprint density at radius 3 is 2.42 bits per heavy atom. The lowest BCUT2D eigenvalue weighted by atomic mass is 10.2. The number of nitrogens with one attached hydrogen (secondary N) is 1. The Kier molecular flexibility index (Phi) is 5.93. The quantitative estimate of drug-likeness (QED) is 0.453. The fourth-order valence-corrected chi connectivity index (χ4v) is 2.84. The highest BCUT2D eigenvalue weighted by Crippen LogP contribution is 2.23. The van der Waals surface area contributed by atoms with Crippen LogP contribution in [0.15, 0.2) is 52.5 Å². The average Bonchev–Trinajstić information content (AvgIpc) is 2.56. The van der Waals surface area contributed by atoms with E-state index in [1.54, 1.807) is 12.1 Å². The Labute approximate surface area is 151 Å². The molecule has 0 saturated carbocycles. The number of hydrogen-bond donors (Lipinski definition) is 1. The van der Waals surface area contributed by atoms with Crippen LogP contribution in [0.2, 0.25) is 0 Å². The zero-order valence-electron chi connectivity index (χ0n) is 14.5. The summed E-state index contributed by atoms with van der Waals surface area (Å²) in [5, 5.41) is 14.7. The van der Waals surface area contributed by atoms with Crippen molar-refractivity contribution in [2.75, 3.05) is 0 Å². The van der Waals surface area contributed by atoms with Crippen LogP contribution in [0.4, 0.5) is 5.69 Å². The normalized spacial score (nSPS) is 11.7. The summed E-state index contributed by atoms with van der Waals surface area (Å²) in [5.41, 5.74) is 1.07. The molecule has 138 valence electrons. The molecule has 2 aromatic carbocycles. The van der Waals surface area contributed by atoms with Crippen molar-refractivity contribution < 1.29 is 18.1 Å². The van der Waals surface area contributed by atoms with Gasteiger partial charge in [-0.1, -0.05) is 17.7 Å². The number of nitro benzene ring substituents is 1. The summed E-state index contributed by atoms with van der Waals surface area (Å²) in [6.07, 6.45) is 1.02. The maximum atomic E-state index is 12.2. The number of nitro groups is 1. The molecule has 9 heteroatoms. The van der Waals surface area contributed by atoms with Gasteiger partial charge in [0.05, 0.1) is 22.1 Å². The Bertz CT molecular complexity index is 922. The lowest BCUT2D eigenvalue weighted by Crippen LogP contribution is -2.18. The molecular formula is C17H19N3O5S. The Morgan fingerprint density at radius 1 is 1.19 bits per heavy atom. The summed E-state index contributed by atoms with van der Waals surface area (Å²) in [6, 6.07) is 10.3. The van der Waals surface area contributed by atoms with Crippen molar-refractivity contribution in [2.45, 2.75) is 31.8 Å². The molecule has 0 radical (unpaired) electrons. The minimum atomic E-state index is -3.83. The van der Waals surface area contributed by atoms with E-state index in [0.717, 1.165) is 5.56 Å². The topological polar surface area (TPSA) is 111 Å². The molecule has 0 atom stereocenters. The first-order valence-electron chi connectivity index (χ1n) is 7.75. The van der Waals surface area contributed by atoms with E-state index >= 15 is 0 Å². The second kappa shape index (κ2) is 7.96. The second-order valence-corrected chi connectivity index (χ2v) is 7.47. The maximum Gasteiger partial charge on any atom is 0.276 e. The molecular weight excluding hydrogens is 358 g/mol. The average molecular weight is 377 g/mol. The molecule has 0 spiro atoms. The van der Waals surface area contributed by atoms with Crippen LogP contribution in [-0.4, -0.2) is 25.7 Å². The van der Waals surface area contributed by atoms with Gasteiger partial charge < -0.3 is 4.74 Å². The lowest BCUT2D eigenvalue weighted by Gasteiger charge is -2.12. The first-order valence-corrected chi connectivity index (χ1v) is 9.24. The molecule has 1 N–H and O–H groups in total. The summed E-state index contributed by atoms with van der Waals surface area (Å²) in [4.78, 5) is 12.5. The van der Waals surface area contributed by atoms with Crippen molar-refractivity contribution in [1.29, 1.82) is 0 Å². The number of ether oxygens (including phenoxy) is 1. The number of rotatable bonds is 7. The predicted octanol–water partition coefficient (Wildman–Crippen LogP) is 3.00. The minimum Gasteiger partial charge on any atom is -0.490 e. The highest BCUT2D eigenvalue weighted by atomic mass is 32.2. The number of aryl methyl sites for hydroxylation is 1. The van der Waals surface area contributed by atoms with E-state index in [9.17, 15) is 18.5 Å². The van der Waals surface area contributed by atoms with Crippen molar-refractivity contribution >= 4 is 21.9 Å². The fourth-order valence-electron chi connectivity index (χ4n) is 2.05. The van der Waals surface area contributed by atoms with E-state index in [1.165, 1.54) is 36.5 Å². The van der Waals surface area contributed by atoms with Crippen LogP contribution >= 0.6 is 0 Å². The first-order chi connectivity index (χ1) is 12.2. The smallest absolute Gasteiger partial charge is 0.276 e. The van der Waals surface area contributed by atoms with Crippen LogP contribution in [0.25, 0.3) is 0 Å². The molecule has 26 heavy (non-hydrogen) atoms. The van der Waals surface area contributed by atoms with E-state index in [0.29, 0.717) is 11.3 Å². The Balaban J connectivity index is 2.26. The molecule has 0 fully saturated rings. The Hall–Kier alpha value is -2.94. The van der Waals surface area contributed by atoms with Crippen LogP contribution in [0, 0.1) is 17.0 Å². The van der Waals surface area contributed by atoms with Crippen molar-refractivity contribution in [3.63, 3.8) is 0 Å². The van der Waals surface area contributed by atoms with Gasteiger partial charge in [0.25, 0.3) is 15.7 Å². The minimum absolute atomic E-state index is 0.0675. The molecule has 0 aromatic heterocycles. The van der Waals surface area contributed by atoms with Crippen molar-refractivity contribution in [1.82, 2.24) is 4.83 Å². The van der Waals surface area contributed by atoms with Gasteiger partial charge in [0.2, 0.25) is 0 Å². The monoisotopic (exact) mass is 377 g/mol. The van der Waals surface area contributed by atoms with Crippen LogP contribution in [0.3, 0.4) is 0 Å². The number of hydrazone groups is 1. The summed E-state index contributed by atoms with van der Waals surface area (Å²) >= 11 is 0. The summed E-state index contributed by atoms with van der Waals surface area (Å²) in [6.45, 7) is 5.46. The first kappa shape index (κ1) is 19.4. The molecule has 0 aliphatic carbocycles. The zero-order valence-corrected chi connectivity index (χ0v) is 15.4. The number of hydrogen-bond acceptors (Lipinski definition) is 6. The van der Waals surface area contributed by atoms with E-state index in [2.05, 4.69) is 9.93 Å². The molecule has 0 aliphatic heterocycles. The molecule has 0 amide bonds. The number of sulfonamides is 1. The van der Waals surface area contributed by atoms with Crippen LogP contribution in [-0.2, 0) is 10.0 Å². The van der Waals surface area contributed by atoms with Crippen molar-refractivity contribution in [3.8, 4) is 5.75 Å². The van der Waals surface area contributed by atoms with Gasteiger partial charge in [-0.25, -0.2) is 4.83 Å². The molecule has 2 rings (SSSR count). The highest BCUT2D eigenvalue weighted by Gasteiger charge is 2.14. The van der Waals surface area contributed by atoms with Gasteiger partial charge in [-0.05, 0) is 39.0 Å². The third-order valence-electron chi connectivity index (χ3n) is 3.27. The molecule has 0 unspecified atom stereocenters. The lowest BCUT2D eigenvalue weighted by molar-refractivity contribution is -0.384. The van der Waals surface area contributed by atoms with Crippen molar-refractivity contribution in [2.24, 2.45) is 5.10 Å². The van der Waals surface area contributed by atoms with Crippen LogP contribution < -0.4 is 9.57 Å². The zero-order chi connectivity index (χ0) is 19.3. The van der Waals surface area contributed by atoms with Gasteiger partial charge in [0.15, 0.2) is 0 Å². The highest BCUT2D eigenvalue weighted by molar-refractivity contribution is 7.89. The third-order valence-corrected chi connectivity index (χ3v) is 4.51. The maximum absolute atomic E-state index is 12.2. The van der Waals surface area contributed by atoms with E-state index in [-0.39, 0.29) is 16.7 Å². The molecule has 2 aromatic rings. The predicted molar refractivity (Wildman–Crippen MR) is 98.0 cm³/mol. The van der Waals surface area contributed by atoms with Crippen LogP contribution in [0.5, 0.6) is 5.75 Å². The van der Waals surface area contributed by atoms with Gasteiger partial charge in [-0.15, -0.1) is 0 Å². The van der Waals surface area contributed by atoms with E-state index < -0.39 is 14.9 Å². The van der Waals surface area contributed by atoms with Gasteiger partial charge in [-0.3, -0.25) is 10.1 Å². The number of benzene rings is 2. The standard InChI is InChI=1S/C17H19N3O5S/c1-12(2)25-17-9-6-15(20(21)22)10-14(17)11-18-19-26(23,24)16-7-4-13(3)5-8-16/h4-12,19H,1-3H3/b18-11+. The molecule has 0 bridgehead atoms. The largest absolute Gasteiger partial charge is 0.490 e. The van der Waals surface area contributed by atoms with Gasteiger partial charge in [0, 0.05) is 17.7 Å². The second-order valence-electron chi connectivity index (χ2n) is 5.81. The van der Waals surface area contributed by atoms with Gasteiger partial charge in [-0.2, -0.15) is 13.5 Å². The van der Waals surface area contributed by atoms with E-state index in [1.807, 2.05) is 20.8 Å².